The van der Waals surface area contributed by atoms with E-state index in [0.29, 0.717) is 5.92 Å². The monoisotopic (exact) mass is 278 g/mol. The van der Waals surface area contributed by atoms with Crippen LogP contribution in [0.15, 0.2) is 12.1 Å². The first-order chi connectivity index (χ1) is 8.49. The summed E-state index contributed by atoms with van der Waals surface area (Å²) in [5.74, 6) is 0.308. The van der Waals surface area contributed by atoms with Gasteiger partial charge in [0.1, 0.15) is 4.88 Å². The zero-order valence-electron chi connectivity index (χ0n) is 11.0. The molecule has 4 heteroatoms. The Kier molecular flexibility index (Phi) is 6.19. The Hall–Kier alpha value is -0.510. The first-order valence-corrected chi connectivity index (χ1v) is 7.47. The van der Waals surface area contributed by atoms with E-state index in [1.54, 1.807) is 6.07 Å². The first-order valence-electron chi connectivity index (χ1n) is 6.66. The van der Waals surface area contributed by atoms with E-state index in [0.717, 1.165) is 54.7 Å². The Balaban J connectivity index is 2.70. The van der Waals surface area contributed by atoms with Crippen LogP contribution in [-0.2, 0) is 6.18 Å². The third-order valence-electron chi connectivity index (χ3n) is 3.10. The van der Waals surface area contributed by atoms with Crippen LogP contribution >= 0.6 is 11.3 Å². The molecule has 0 aliphatic carbocycles. The third kappa shape index (κ3) is 4.63. The van der Waals surface area contributed by atoms with Crippen LogP contribution < -0.4 is 0 Å². The fourth-order valence-electron chi connectivity index (χ4n) is 2.14. The van der Waals surface area contributed by atoms with Crippen molar-refractivity contribution in [2.75, 3.05) is 0 Å². The highest BCUT2D eigenvalue weighted by Crippen LogP contribution is 2.39. The predicted molar refractivity (Wildman–Crippen MR) is 71.1 cm³/mol. The van der Waals surface area contributed by atoms with Crippen molar-refractivity contribution in [3.63, 3.8) is 0 Å². The molecule has 1 aromatic heterocycles. The Morgan fingerprint density at radius 3 is 2.28 bits per heavy atom. The number of rotatable bonds is 7. The number of unbranched alkanes of at least 4 members (excludes halogenated alkanes) is 2. The number of halogens is 3. The molecule has 1 rings (SSSR count). The van der Waals surface area contributed by atoms with Crippen LogP contribution in [0.2, 0.25) is 0 Å². The van der Waals surface area contributed by atoms with Gasteiger partial charge >= 0.3 is 6.18 Å². The molecule has 0 fully saturated rings. The molecule has 1 aromatic rings. The van der Waals surface area contributed by atoms with Crippen molar-refractivity contribution in [1.29, 1.82) is 0 Å². The lowest BCUT2D eigenvalue weighted by Crippen LogP contribution is -2.01. The van der Waals surface area contributed by atoms with E-state index >= 15 is 0 Å². The molecule has 0 nitrogen and oxygen atoms in total. The molecule has 104 valence electrons. The number of alkyl halides is 3. The minimum atomic E-state index is -4.19. The molecule has 0 spiro atoms. The zero-order chi connectivity index (χ0) is 13.6. The van der Waals surface area contributed by atoms with Gasteiger partial charge in [0.05, 0.1) is 0 Å². The molecule has 0 aliphatic heterocycles. The average molecular weight is 278 g/mol. The van der Waals surface area contributed by atoms with E-state index in [9.17, 15) is 13.2 Å². The molecular formula is C14H21F3S. The fourth-order valence-corrected chi connectivity index (χ4v) is 3.19. The van der Waals surface area contributed by atoms with Gasteiger partial charge in [-0.2, -0.15) is 13.2 Å². The minimum Gasteiger partial charge on any atom is -0.165 e. The van der Waals surface area contributed by atoms with Gasteiger partial charge in [0.15, 0.2) is 0 Å². The second-order valence-corrected chi connectivity index (χ2v) is 5.80. The highest BCUT2D eigenvalue weighted by molar-refractivity contribution is 7.12. The molecule has 0 aromatic carbocycles. The van der Waals surface area contributed by atoms with E-state index in [1.165, 1.54) is 6.07 Å². The van der Waals surface area contributed by atoms with Crippen LogP contribution in [0.5, 0.6) is 0 Å². The van der Waals surface area contributed by atoms with Crippen LogP contribution in [0.1, 0.15) is 68.0 Å². The van der Waals surface area contributed by atoms with Gasteiger partial charge in [-0.25, -0.2) is 0 Å². The van der Waals surface area contributed by atoms with E-state index in [1.807, 2.05) is 0 Å². The molecule has 0 radical (unpaired) electrons. The topological polar surface area (TPSA) is 0 Å². The zero-order valence-corrected chi connectivity index (χ0v) is 11.8. The van der Waals surface area contributed by atoms with E-state index in [2.05, 4.69) is 13.8 Å². The summed E-state index contributed by atoms with van der Waals surface area (Å²) in [7, 11) is 0. The lowest BCUT2D eigenvalue weighted by Gasteiger charge is -2.14. The number of thiophene rings is 1. The summed E-state index contributed by atoms with van der Waals surface area (Å²) in [6.07, 6.45) is 2.26. The van der Waals surface area contributed by atoms with E-state index in [-0.39, 0.29) is 0 Å². The average Bonchev–Trinajstić information content (AvgIpc) is 2.77. The largest absolute Gasteiger partial charge is 0.425 e. The van der Waals surface area contributed by atoms with Crippen molar-refractivity contribution in [3.05, 3.63) is 21.9 Å². The van der Waals surface area contributed by atoms with Crippen LogP contribution in [0, 0.1) is 0 Å². The second-order valence-electron chi connectivity index (χ2n) is 4.68. The lowest BCUT2D eigenvalue weighted by molar-refractivity contribution is -0.134. The summed E-state index contributed by atoms with van der Waals surface area (Å²) in [4.78, 5) is 0.439. The first kappa shape index (κ1) is 15.5. The van der Waals surface area contributed by atoms with Crippen molar-refractivity contribution in [3.8, 4) is 0 Å². The molecule has 0 aliphatic rings. The van der Waals surface area contributed by atoms with Crippen LogP contribution in [0.25, 0.3) is 0 Å². The summed E-state index contributed by atoms with van der Waals surface area (Å²) in [5, 5.41) is 0. The quantitative estimate of drug-likeness (QED) is 0.518. The third-order valence-corrected chi connectivity index (χ3v) is 4.39. The Labute approximate surface area is 111 Å². The van der Waals surface area contributed by atoms with Crippen molar-refractivity contribution in [2.45, 2.75) is 64.5 Å². The normalized spacial score (nSPS) is 13.8. The molecule has 0 saturated heterocycles. The molecule has 0 amide bonds. The Morgan fingerprint density at radius 2 is 1.78 bits per heavy atom. The predicted octanol–water partition coefficient (Wildman–Crippen LogP) is 6.23. The van der Waals surface area contributed by atoms with Gasteiger partial charge in [0, 0.05) is 4.88 Å². The van der Waals surface area contributed by atoms with Crippen molar-refractivity contribution < 1.29 is 13.2 Å². The second kappa shape index (κ2) is 7.17. The van der Waals surface area contributed by atoms with Gasteiger partial charge in [-0.1, -0.05) is 39.5 Å². The molecule has 1 atom stereocenters. The van der Waals surface area contributed by atoms with Gasteiger partial charge in [0.2, 0.25) is 0 Å². The highest BCUT2D eigenvalue weighted by atomic mass is 32.1. The molecule has 1 heterocycles. The van der Waals surface area contributed by atoms with Crippen molar-refractivity contribution >= 4 is 11.3 Å². The van der Waals surface area contributed by atoms with Crippen molar-refractivity contribution in [1.82, 2.24) is 0 Å². The van der Waals surface area contributed by atoms with Crippen molar-refractivity contribution in [2.24, 2.45) is 0 Å². The molecule has 0 N–H and O–H groups in total. The number of hydrogen-bond donors (Lipinski definition) is 0. The highest BCUT2D eigenvalue weighted by Gasteiger charge is 2.33. The van der Waals surface area contributed by atoms with Gasteiger partial charge in [-0.3, -0.25) is 0 Å². The Morgan fingerprint density at radius 1 is 1.06 bits per heavy atom. The standard InChI is InChI=1S/C14H21F3S/c1-3-5-6-8-11(7-4-2)12-9-10-13(18-12)14(15,16)17/h9-11H,3-8H2,1-2H3. The summed E-state index contributed by atoms with van der Waals surface area (Å²) in [6, 6.07) is 2.89. The molecule has 1 unspecified atom stereocenters. The lowest BCUT2D eigenvalue weighted by atomic mass is 9.95. The summed E-state index contributed by atoms with van der Waals surface area (Å²) in [6.45, 7) is 4.23. The van der Waals surface area contributed by atoms with Crippen LogP contribution in [0.3, 0.4) is 0 Å². The van der Waals surface area contributed by atoms with Crippen LogP contribution in [0.4, 0.5) is 13.2 Å². The van der Waals surface area contributed by atoms with Gasteiger partial charge in [-0.15, -0.1) is 11.3 Å². The summed E-state index contributed by atoms with van der Waals surface area (Å²) in [5.41, 5.74) is 0. The van der Waals surface area contributed by atoms with Gasteiger partial charge in [0.25, 0.3) is 0 Å². The van der Waals surface area contributed by atoms with Crippen LogP contribution in [-0.4, -0.2) is 0 Å². The maximum absolute atomic E-state index is 12.6. The number of hydrogen-bond acceptors (Lipinski definition) is 1. The maximum Gasteiger partial charge on any atom is 0.425 e. The molecule has 0 saturated carbocycles. The molecular weight excluding hydrogens is 257 g/mol. The van der Waals surface area contributed by atoms with E-state index < -0.39 is 11.1 Å². The summed E-state index contributed by atoms with van der Waals surface area (Å²) < 4.78 is 37.7. The molecule has 0 bridgehead atoms. The molecule has 18 heavy (non-hydrogen) atoms. The van der Waals surface area contributed by atoms with Gasteiger partial charge < -0.3 is 0 Å². The maximum atomic E-state index is 12.6. The minimum absolute atomic E-state index is 0.308. The SMILES string of the molecule is CCCCCC(CCC)c1ccc(C(F)(F)F)s1. The Bertz CT molecular complexity index is 341. The fraction of sp³-hybridized carbons (Fsp3) is 0.714. The van der Waals surface area contributed by atoms with E-state index in [4.69, 9.17) is 0 Å². The van der Waals surface area contributed by atoms with Gasteiger partial charge in [-0.05, 0) is 30.9 Å². The summed E-state index contributed by atoms with van der Waals surface area (Å²) >= 11 is 0.921. The smallest absolute Gasteiger partial charge is 0.165 e.